The summed E-state index contributed by atoms with van der Waals surface area (Å²) in [5.41, 5.74) is 3.80. The van der Waals surface area contributed by atoms with Crippen LogP contribution in [0.1, 0.15) is 26.3 Å². The van der Waals surface area contributed by atoms with Crippen LogP contribution in [0.5, 0.6) is 5.75 Å². The normalized spacial score (nSPS) is 11.4. The van der Waals surface area contributed by atoms with Gasteiger partial charge in [-0.15, -0.1) is 0 Å². The predicted octanol–water partition coefficient (Wildman–Crippen LogP) is 2.42. The van der Waals surface area contributed by atoms with Crippen molar-refractivity contribution in [2.45, 2.75) is 27.3 Å². The van der Waals surface area contributed by atoms with Gasteiger partial charge in [-0.05, 0) is 48.7 Å². The molecule has 1 aromatic heterocycles. The van der Waals surface area contributed by atoms with Crippen LogP contribution in [0.4, 0.5) is 0 Å². The number of nitrogens with zero attached hydrogens (tertiary/aromatic N) is 2. The van der Waals surface area contributed by atoms with E-state index in [9.17, 15) is 9.59 Å². The van der Waals surface area contributed by atoms with Gasteiger partial charge in [-0.1, -0.05) is 19.9 Å². The van der Waals surface area contributed by atoms with Crippen LogP contribution in [0.3, 0.4) is 0 Å². The second-order valence-electron chi connectivity index (χ2n) is 6.13. The molecule has 2 aromatic rings. The number of hydrogen-bond donors (Lipinski definition) is 1. The monoisotopic (exact) mass is 341 g/mol. The van der Waals surface area contributed by atoms with Crippen LogP contribution < -0.4 is 15.7 Å². The van der Waals surface area contributed by atoms with Crippen molar-refractivity contribution in [3.8, 4) is 5.75 Å². The number of carbonyl (C=O) groups excluding carboxylic acids is 1. The maximum atomic E-state index is 11.9. The second-order valence-corrected chi connectivity index (χ2v) is 6.13. The second kappa shape index (κ2) is 8.82. The summed E-state index contributed by atoms with van der Waals surface area (Å²) in [5, 5.41) is 4.08. The van der Waals surface area contributed by atoms with Crippen molar-refractivity contribution in [3.05, 3.63) is 64.6 Å². The van der Waals surface area contributed by atoms with Gasteiger partial charge in [0.15, 0.2) is 0 Å². The SMILES string of the molecule is C/C(=N/NC(=O)Cn1ccccc1=O)c1ccc(OCC(C)C)cc1. The standard InChI is InChI=1S/C19H23N3O3/c1-14(2)13-25-17-9-7-16(8-10-17)15(3)20-21-18(23)12-22-11-5-4-6-19(22)24/h4-11,14H,12-13H2,1-3H3,(H,21,23)/b20-15-. The van der Waals surface area contributed by atoms with Crippen LogP contribution in [0, 0.1) is 5.92 Å². The molecule has 25 heavy (non-hydrogen) atoms. The van der Waals surface area contributed by atoms with Crippen molar-refractivity contribution < 1.29 is 9.53 Å². The van der Waals surface area contributed by atoms with Gasteiger partial charge < -0.3 is 9.30 Å². The molecule has 0 aliphatic rings. The van der Waals surface area contributed by atoms with Gasteiger partial charge in [0.25, 0.3) is 11.5 Å². The van der Waals surface area contributed by atoms with Crippen LogP contribution >= 0.6 is 0 Å². The molecule has 6 heteroatoms. The molecule has 2 rings (SSSR count). The van der Waals surface area contributed by atoms with Gasteiger partial charge in [-0.3, -0.25) is 9.59 Å². The van der Waals surface area contributed by atoms with Crippen LogP contribution in [0.15, 0.2) is 58.6 Å². The molecule has 1 heterocycles. The highest BCUT2D eigenvalue weighted by molar-refractivity contribution is 5.99. The number of carbonyl (C=O) groups is 1. The number of aromatic nitrogens is 1. The molecule has 0 aliphatic carbocycles. The lowest BCUT2D eigenvalue weighted by molar-refractivity contribution is -0.121. The van der Waals surface area contributed by atoms with Gasteiger partial charge in [-0.25, -0.2) is 5.43 Å². The third-order valence-corrected chi connectivity index (χ3v) is 3.42. The summed E-state index contributed by atoms with van der Waals surface area (Å²) >= 11 is 0. The van der Waals surface area contributed by atoms with E-state index in [1.807, 2.05) is 24.3 Å². The Labute approximate surface area is 147 Å². The summed E-state index contributed by atoms with van der Waals surface area (Å²) in [6.07, 6.45) is 1.56. The van der Waals surface area contributed by atoms with E-state index in [0.717, 1.165) is 11.3 Å². The van der Waals surface area contributed by atoms with Crippen molar-refractivity contribution in [1.29, 1.82) is 0 Å². The van der Waals surface area contributed by atoms with E-state index in [1.54, 1.807) is 25.3 Å². The summed E-state index contributed by atoms with van der Waals surface area (Å²) < 4.78 is 6.96. The van der Waals surface area contributed by atoms with E-state index in [2.05, 4.69) is 24.4 Å². The third-order valence-electron chi connectivity index (χ3n) is 3.42. The predicted molar refractivity (Wildman–Crippen MR) is 97.8 cm³/mol. The highest BCUT2D eigenvalue weighted by Crippen LogP contribution is 2.13. The van der Waals surface area contributed by atoms with Gasteiger partial charge in [-0.2, -0.15) is 5.10 Å². The maximum Gasteiger partial charge on any atom is 0.260 e. The van der Waals surface area contributed by atoms with Crippen LogP contribution in [0.2, 0.25) is 0 Å². The summed E-state index contributed by atoms with van der Waals surface area (Å²) in [5.74, 6) is 0.914. The minimum absolute atomic E-state index is 0.0710. The fourth-order valence-corrected chi connectivity index (χ4v) is 2.05. The quantitative estimate of drug-likeness (QED) is 0.621. The molecule has 0 saturated heterocycles. The van der Waals surface area contributed by atoms with Crippen molar-refractivity contribution >= 4 is 11.6 Å². The largest absolute Gasteiger partial charge is 0.493 e. The first-order valence-corrected chi connectivity index (χ1v) is 8.17. The molecule has 132 valence electrons. The lowest BCUT2D eigenvalue weighted by atomic mass is 10.1. The fraction of sp³-hybridized carbons (Fsp3) is 0.316. The molecule has 0 atom stereocenters. The highest BCUT2D eigenvalue weighted by atomic mass is 16.5. The molecular formula is C19H23N3O3. The Morgan fingerprint density at radius 3 is 2.56 bits per heavy atom. The van der Waals surface area contributed by atoms with Gasteiger partial charge >= 0.3 is 0 Å². The highest BCUT2D eigenvalue weighted by Gasteiger charge is 2.04. The number of ether oxygens (including phenoxy) is 1. The van der Waals surface area contributed by atoms with E-state index in [1.165, 1.54) is 10.6 Å². The Kier molecular flexibility index (Phi) is 6.51. The first-order chi connectivity index (χ1) is 12.0. The maximum absolute atomic E-state index is 11.9. The fourth-order valence-electron chi connectivity index (χ4n) is 2.05. The number of nitrogens with one attached hydrogen (secondary N) is 1. The molecule has 6 nitrogen and oxygen atoms in total. The van der Waals surface area contributed by atoms with E-state index in [4.69, 9.17) is 4.74 Å². The molecule has 0 aliphatic heterocycles. The molecule has 1 aromatic carbocycles. The Morgan fingerprint density at radius 2 is 1.92 bits per heavy atom. The zero-order valence-electron chi connectivity index (χ0n) is 14.7. The van der Waals surface area contributed by atoms with Gasteiger partial charge in [0, 0.05) is 12.3 Å². The number of hydrogen-bond acceptors (Lipinski definition) is 4. The molecule has 0 radical (unpaired) electrons. The van der Waals surface area contributed by atoms with Crippen molar-refractivity contribution in [2.24, 2.45) is 11.0 Å². The van der Waals surface area contributed by atoms with Crippen molar-refractivity contribution in [3.63, 3.8) is 0 Å². The lowest BCUT2D eigenvalue weighted by Gasteiger charge is -2.09. The minimum Gasteiger partial charge on any atom is -0.493 e. The average molecular weight is 341 g/mol. The van der Waals surface area contributed by atoms with Gasteiger partial charge in [0.05, 0.1) is 12.3 Å². The topological polar surface area (TPSA) is 72.7 Å². The molecule has 0 bridgehead atoms. The molecule has 0 unspecified atom stereocenters. The Hall–Kier alpha value is -2.89. The van der Waals surface area contributed by atoms with Crippen molar-refractivity contribution in [2.75, 3.05) is 6.61 Å². The van der Waals surface area contributed by atoms with Crippen LogP contribution in [0.25, 0.3) is 0 Å². The first-order valence-electron chi connectivity index (χ1n) is 8.17. The van der Waals surface area contributed by atoms with Gasteiger partial charge in [0.1, 0.15) is 12.3 Å². The number of benzene rings is 1. The van der Waals surface area contributed by atoms with Crippen LogP contribution in [-0.2, 0) is 11.3 Å². The summed E-state index contributed by atoms with van der Waals surface area (Å²) in [4.78, 5) is 23.5. The lowest BCUT2D eigenvalue weighted by Crippen LogP contribution is -2.29. The molecular weight excluding hydrogens is 318 g/mol. The zero-order valence-corrected chi connectivity index (χ0v) is 14.7. The number of hydrazone groups is 1. The van der Waals surface area contributed by atoms with E-state index in [0.29, 0.717) is 18.2 Å². The smallest absolute Gasteiger partial charge is 0.260 e. The number of rotatable bonds is 7. The third kappa shape index (κ3) is 5.91. The first kappa shape index (κ1) is 18.4. The van der Waals surface area contributed by atoms with Crippen molar-refractivity contribution in [1.82, 2.24) is 9.99 Å². The van der Waals surface area contributed by atoms with E-state index >= 15 is 0 Å². The summed E-state index contributed by atoms with van der Waals surface area (Å²) in [7, 11) is 0. The number of amides is 1. The zero-order chi connectivity index (χ0) is 18.2. The molecule has 0 saturated carbocycles. The molecule has 1 amide bonds. The molecule has 1 N–H and O–H groups in total. The molecule has 0 fully saturated rings. The Balaban J connectivity index is 1.93. The molecule has 0 spiro atoms. The van der Waals surface area contributed by atoms with Crippen LogP contribution in [-0.4, -0.2) is 22.8 Å². The summed E-state index contributed by atoms with van der Waals surface area (Å²) in [6.45, 7) is 6.59. The van der Waals surface area contributed by atoms with E-state index < -0.39 is 0 Å². The van der Waals surface area contributed by atoms with E-state index in [-0.39, 0.29) is 18.0 Å². The summed E-state index contributed by atoms with van der Waals surface area (Å²) in [6, 6.07) is 12.3. The Bertz CT molecular complexity index is 792. The van der Waals surface area contributed by atoms with Gasteiger partial charge in [0.2, 0.25) is 0 Å². The average Bonchev–Trinajstić information content (AvgIpc) is 2.60. The minimum atomic E-state index is -0.357. The number of pyridine rings is 1. The Morgan fingerprint density at radius 1 is 1.20 bits per heavy atom.